The van der Waals surface area contributed by atoms with Crippen LogP contribution in [0.4, 0.5) is 4.39 Å². The van der Waals surface area contributed by atoms with E-state index in [0.717, 1.165) is 71.6 Å². The average Bonchev–Trinajstić information content (AvgIpc) is 3.62. The molecular formula is C36H37ClFN5O4. The summed E-state index contributed by atoms with van der Waals surface area (Å²) in [7, 11) is 0. The van der Waals surface area contributed by atoms with Crippen molar-refractivity contribution in [2.45, 2.75) is 65.0 Å². The summed E-state index contributed by atoms with van der Waals surface area (Å²) in [6.45, 7) is 9.27. The van der Waals surface area contributed by atoms with Crippen LogP contribution in [0.3, 0.4) is 0 Å². The van der Waals surface area contributed by atoms with Crippen molar-refractivity contribution >= 4 is 45.1 Å². The van der Waals surface area contributed by atoms with Gasteiger partial charge in [-0.1, -0.05) is 23.7 Å². The number of hydrogen-bond donors (Lipinski definition) is 1. The van der Waals surface area contributed by atoms with E-state index in [1.165, 1.54) is 6.07 Å². The highest BCUT2D eigenvalue weighted by atomic mass is 35.5. The molecule has 1 fully saturated rings. The predicted octanol–water partition coefficient (Wildman–Crippen LogP) is 7.32. The van der Waals surface area contributed by atoms with Crippen LogP contribution in [0.5, 0.6) is 5.88 Å². The van der Waals surface area contributed by atoms with E-state index < -0.39 is 11.4 Å². The Labute approximate surface area is 277 Å². The number of pyridine rings is 1. The van der Waals surface area contributed by atoms with E-state index in [-0.39, 0.29) is 18.7 Å². The van der Waals surface area contributed by atoms with Crippen LogP contribution in [0.1, 0.15) is 61.1 Å². The Kier molecular flexibility index (Phi) is 8.50. The van der Waals surface area contributed by atoms with Gasteiger partial charge in [0.1, 0.15) is 29.4 Å². The molecule has 47 heavy (non-hydrogen) atoms. The van der Waals surface area contributed by atoms with Crippen molar-refractivity contribution in [3.63, 3.8) is 0 Å². The first kappa shape index (κ1) is 31.4. The third-order valence-corrected chi connectivity index (χ3v) is 8.75. The van der Waals surface area contributed by atoms with Crippen LogP contribution in [0.25, 0.3) is 27.5 Å². The van der Waals surface area contributed by atoms with Crippen LogP contribution in [-0.2, 0) is 29.2 Å². The van der Waals surface area contributed by atoms with Gasteiger partial charge in [-0.25, -0.2) is 19.2 Å². The lowest BCUT2D eigenvalue weighted by atomic mass is 10.0. The molecule has 0 radical (unpaired) electrons. The number of hydrogen-bond acceptors (Lipinski definition) is 7. The molecule has 2 aliphatic rings. The molecule has 9 nitrogen and oxygen atoms in total. The number of H-pyrrole nitrogens is 1. The highest BCUT2D eigenvalue weighted by Crippen LogP contribution is 2.31. The van der Waals surface area contributed by atoms with Crippen molar-refractivity contribution in [3.05, 3.63) is 94.3 Å². The summed E-state index contributed by atoms with van der Waals surface area (Å²) in [5.41, 5.74) is 4.82. The lowest BCUT2D eigenvalue weighted by Gasteiger charge is -2.29. The number of halogens is 2. The van der Waals surface area contributed by atoms with E-state index in [1.54, 1.807) is 18.2 Å². The van der Waals surface area contributed by atoms with Gasteiger partial charge >= 0.3 is 5.97 Å². The Hall–Kier alpha value is -4.25. The first-order valence-electron chi connectivity index (χ1n) is 15.9. The minimum absolute atomic E-state index is 0.0343. The predicted molar refractivity (Wildman–Crippen MR) is 179 cm³/mol. The van der Waals surface area contributed by atoms with E-state index in [1.807, 2.05) is 45.2 Å². The molecule has 1 saturated heterocycles. The van der Waals surface area contributed by atoms with Gasteiger partial charge < -0.3 is 23.8 Å². The third-order valence-electron chi connectivity index (χ3n) is 8.52. The van der Waals surface area contributed by atoms with Gasteiger partial charge in [-0.05, 0) is 81.7 Å². The molecule has 0 amide bonds. The fourth-order valence-corrected chi connectivity index (χ4v) is 6.13. The van der Waals surface area contributed by atoms with Gasteiger partial charge in [0.25, 0.3) is 0 Å². The second-order valence-corrected chi connectivity index (χ2v) is 13.6. The molecular weight excluding hydrogens is 621 g/mol. The van der Waals surface area contributed by atoms with Crippen LogP contribution in [0.15, 0.2) is 60.8 Å². The molecule has 0 aliphatic carbocycles. The van der Waals surface area contributed by atoms with Crippen molar-refractivity contribution in [2.24, 2.45) is 0 Å². The molecule has 2 aliphatic heterocycles. The highest BCUT2D eigenvalue weighted by Gasteiger charge is 2.25. The molecule has 5 heterocycles. The number of nitrogens with one attached hydrogen (secondary N) is 1. The average molecular weight is 658 g/mol. The van der Waals surface area contributed by atoms with Crippen LogP contribution in [0.2, 0.25) is 5.02 Å². The van der Waals surface area contributed by atoms with Crippen molar-refractivity contribution < 1.29 is 23.4 Å². The summed E-state index contributed by atoms with van der Waals surface area (Å²) in [6.07, 6.45) is 5.98. The molecule has 0 bridgehead atoms. The fraction of sp³-hybridized carbons (Fsp3) is 0.361. The second-order valence-electron chi connectivity index (χ2n) is 13.1. The van der Waals surface area contributed by atoms with E-state index in [9.17, 15) is 9.18 Å². The number of fused-ring (bicyclic) bond motifs is 2. The van der Waals surface area contributed by atoms with Gasteiger partial charge in [-0.3, -0.25) is 4.90 Å². The standard InChI is InChI=1S/C36H37ClFN5O4/c1-36(2,3)47-35(44)24-5-7-29-31(17-24)43(19-27-11-15-45-27)32(40-29)20-42-13-9-22(10-14-42)30-16-23-8-12-39-33(23)34(41-30)46-21-25-4-6-26(37)18-28(25)38/h4-9,12,16-18,27,39H,10-11,13-15,19-21H2,1-3H3/t27-/m0/s1. The zero-order valence-electron chi connectivity index (χ0n) is 26.7. The molecule has 11 heteroatoms. The largest absolute Gasteiger partial charge is 0.471 e. The first-order chi connectivity index (χ1) is 22.6. The zero-order valence-corrected chi connectivity index (χ0v) is 27.4. The van der Waals surface area contributed by atoms with E-state index >= 15 is 0 Å². The maximum absolute atomic E-state index is 14.4. The minimum Gasteiger partial charge on any atom is -0.471 e. The van der Waals surface area contributed by atoms with Gasteiger partial charge in [0.15, 0.2) is 0 Å². The van der Waals surface area contributed by atoms with Gasteiger partial charge in [0.05, 0.1) is 41.5 Å². The quantitative estimate of drug-likeness (QED) is 0.166. The number of carbonyl (C=O) groups excluding carboxylic acids is 1. The second kappa shape index (κ2) is 12.7. The monoisotopic (exact) mass is 657 g/mol. The SMILES string of the molecule is CC(C)(C)OC(=O)c1ccc2nc(CN3CC=C(c4cc5cc[nH]c5c(OCc5ccc(Cl)cc5F)n4)CC3)n(C[C@@H]3CCO3)c2c1. The van der Waals surface area contributed by atoms with E-state index in [0.29, 0.717) is 35.1 Å². The van der Waals surface area contributed by atoms with Crippen molar-refractivity contribution in [1.29, 1.82) is 0 Å². The lowest BCUT2D eigenvalue weighted by Crippen LogP contribution is -2.33. The number of nitrogens with zero attached hydrogens (tertiary/aromatic N) is 4. The van der Waals surface area contributed by atoms with Crippen molar-refractivity contribution in [2.75, 3.05) is 19.7 Å². The summed E-state index contributed by atoms with van der Waals surface area (Å²) in [5, 5.41) is 1.32. The Balaban J connectivity index is 1.10. The van der Waals surface area contributed by atoms with Crippen molar-refractivity contribution in [3.8, 4) is 5.88 Å². The summed E-state index contributed by atoms with van der Waals surface area (Å²) >= 11 is 5.91. The fourth-order valence-electron chi connectivity index (χ4n) is 5.97. The number of esters is 1. The Morgan fingerprint density at radius 1 is 1.15 bits per heavy atom. The molecule has 0 spiro atoms. The van der Waals surface area contributed by atoms with Crippen LogP contribution < -0.4 is 4.74 Å². The summed E-state index contributed by atoms with van der Waals surface area (Å²) in [5.74, 6) is 0.603. The highest BCUT2D eigenvalue weighted by molar-refractivity contribution is 6.30. The van der Waals surface area contributed by atoms with Crippen LogP contribution in [-0.4, -0.2) is 61.8 Å². The normalized spacial score (nSPS) is 17.1. The molecule has 244 valence electrons. The summed E-state index contributed by atoms with van der Waals surface area (Å²) in [4.78, 5) is 28.2. The third kappa shape index (κ3) is 6.90. The topological polar surface area (TPSA) is 94.5 Å². The van der Waals surface area contributed by atoms with Crippen LogP contribution >= 0.6 is 11.6 Å². The molecule has 3 aromatic heterocycles. The molecule has 1 atom stereocenters. The van der Waals surface area contributed by atoms with Gasteiger partial charge in [0.2, 0.25) is 5.88 Å². The van der Waals surface area contributed by atoms with E-state index in [4.69, 9.17) is 35.8 Å². The number of ether oxygens (including phenoxy) is 3. The number of imidazole rings is 1. The van der Waals surface area contributed by atoms with Crippen LogP contribution in [0, 0.1) is 5.82 Å². The molecule has 1 N–H and O–H groups in total. The van der Waals surface area contributed by atoms with Gasteiger partial charge in [-0.2, -0.15) is 0 Å². The number of benzene rings is 2. The van der Waals surface area contributed by atoms with Gasteiger partial charge in [0, 0.05) is 41.9 Å². The molecule has 2 aromatic carbocycles. The summed E-state index contributed by atoms with van der Waals surface area (Å²) < 4.78 is 34.0. The Morgan fingerprint density at radius 2 is 2.00 bits per heavy atom. The Morgan fingerprint density at radius 3 is 2.72 bits per heavy atom. The molecule has 0 unspecified atom stereocenters. The molecule has 5 aromatic rings. The Bertz CT molecular complexity index is 1990. The number of aromatic nitrogens is 4. The smallest absolute Gasteiger partial charge is 0.338 e. The molecule has 7 rings (SSSR count). The minimum atomic E-state index is -0.577. The zero-order chi connectivity index (χ0) is 32.7. The number of rotatable bonds is 9. The summed E-state index contributed by atoms with van der Waals surface area (Å²) in [6, 6.07) is 14.2. The van der Waals surface area contributed by atoms with E-state index in [2.05, 4.69) is 26.6 Å². The maximum Gasteiger partial charge on any atom is 0.338 e. The van der Waals surface area contributed by atoms with Crippen molar-refractivity contribution in [1.82, 2.24) is 24.4 Å². The number of aromatic amines is 1. The lowest BCUT2D eigenvalue weighted by molar-refractivity contribution is -0.0591. The first-order valence-corrected chi connectivity index (χ1v) is 16.3. The molecule has 0 saturated carbocycles. The van der Waals surface area contributed by atoms with Gasteiger partial charge in [-0.15, -0.1) is 0 Å². The number of carbonyl (C=O) groups is 1. The maximum atomic E-state index is 14.4.